The standard InChI is InChI=1S/C12H17BrN2O3/c1-2-3-5-18-6-4-14-11-10(12(16)17)7-9(13)8-15-11/h7-8H,2-6H2,1H3,(H,14,15)(H,16,17). The van der Waals surface area contributed by atoms with E-state index in [0.29, 0.717) is 23.4 Å². The molecule has 2 N–H and O–H groups in total. The van der Waals surface area contributed by atoms with E-state index < -0.39 is 5.97 Å². The number of unbranched alkanes of at least 4 members (excludes halogenated alkanes) is 1. The number of aromatic nitrogens is 1. The summed E-state index contributed by atoms with van der Waals surface area (Å²) in [6.45, 7) is 3.92. The third-order valence-electron chi connectivity index (χ3n) is 2.27. The molecule has 0 aliphatic carbocycles. The molecule has 0 aromatic carbocycles. The zero-order valence-electron chi connectivity index (χ0n) is 10.3. The molecule has 1 aromatic heterocycles. The number of hydrogen-bond donors (Lipinski definition) is 2. The molecule has 0 saturated carbocycles. The van der Waals surface area contributed by atoms with Crippen LogP contribution in [0.2, 0.25) is 0 Å². The van der Waals surface area contributed by atoms with Crippen LogP contribution < -0.4 is 5.32 Å². The largest absolute Gasteiger partial charge is 0.478 e. The average molecular weight is 317 g/mol. The lowest BCUT2D eigenvalue weighted by Crippen LogP contribution is -2.14. The number of carboxylic acids is 1. The predicted octanol–water partition coefficient (Wildman–Crippen LogP) is 2.77. The van der Waals surface area contributed by atoms with E-state index in [2.05, 4.69) is 33.2 Å². The molecule has 0 aliphatic heterocycles. The maximum Gasteiger partial charge on any atom is 0.339 e. The molecule has 0 aliphatic rings. The van der Waals surface area contributed by atoms with Crippen molar-refractivity contribution in [1.29, 1.82) is 0 Å². The predicted molar refractivity (Wildman–Crippen MR) is 73.1 cm³/mol. The average Bonchev–Trinajstić information content (AvgIpc) is 2.35. The van der Waals surface area contributed by atoms with E-state index in [0.717, 1.165) is 19.4 Å². The second-order valence-corrected chi connectivity index (χ2v) is 4.66. The normalized spacial score (nSPS) is 10.3. The van der Waals surface area contributed by atoms with Crippen molar-refractivity contribution >= 4 is 27.7 Å². The quantitative estimate of drug-likeness (QED) is 0.721. The summed E-state index contributed by atoms with van der Waals surface area (Å²) < 4.78 is 6.02. The lowest BCUT2D eigenvalue weighted by molar-refractivity contribution is 0.0697. The van der Waals surface area contributed by atoms with Crippen LogP contribution in [0, 0.1) is 0 Å². The molecule has 0 amide bonds. The molecule has 0 unspecified atom stereocenters. The van der Waals surface area contributed by atoms with Crippen molar-refractivity contribution in [1.82, 2.24) is 4.98 Å². The summed E-state index contributed by atoms with van der Waals surface area (Å²) in [5, 5.41) is 12.0. The van der Waals surface area contributed by atoms with Gasteiger partial charge in [0.2, 0.25) is 0 Å². The Morgan fingerprint density at radius 3 is 3.00 bits per heavy atom. The van der Waals surface area contributed by atoms with Gasteiger partial charge < -0.3 is 15.2 Å². The molecule has 1 rings (SSSR count). The smallest absolute Gasteiger partial charge is 0.339 e. The second-order valence-electron chi connectivity index (χ2n) is 3.75. The van der Waals surface area contributed by atoms with Crippen LogP contribution in [0.15, 0.2) is 16.7 Å². The van der Waals surface area contributed by atoms with E-state index in [9.17, 15) is 4.79 Å². The Kier molecular flexibility index (Phi) is 6.67. The van der Waals surface area contributed by atoms with Gasteiger partial charge in [0.15, 0.2) is 0 Å². The first kappa shape index (κ1) is 14.9. The topological polar surface area (TPSA) is 71.5 Å². The van der Waals surface area contributed by atoms with Crippen LogP contribution in [0.1, 0.15) is 30.1 Å². The van der Waals surface area contributed by atoms with Crippen molar-refractivity contribution < 1.29 is 14.6 Å². The van der Waals surface area contributed by atoms with Gasteiger partial charge in [0, 0.05) is 23.8 Å². The number of carboxylic acid groups (broad SMARTS) is 1. The van der Waals surface area contributed by atoms with E-state index in [-0.39, 0.29) is 5.56 Å². The van der Waals surface area contributed by atoms with Gasteiger partial charge >= 0.3 is 5.97 Å². The first-order chi connectivity index (χ1) is 8.65. The number of hydrogen-bond acceptors (Lipinski definition) is 4. The molecule has 6 heteroatoms. The van der Waals surface area contributed by atoms with Gasteiger partial charge in [0.1, 0.15) is 11.4 Å². The number of nitrogens with one attached hydrogen (secondary N) is 1. The van der Waals surface area contributed by atoms with Crippen molar-refractivity contribution in [3.05, 3.63) is 22.3 Å². The van der Waals surface area contributed by atoms with Crippen molar-refractivity contribution in [3.8, 4) is 0 Å². The number of rotatable bonds is 8. The van der Waals surface area contributed by atoms with E-state index in [1.165, 1.54) is 6.07 Å². The summed E-state index contributed by atoms with van der Waals surface area (Å²) >= 11 is 3.20. The van der Waals surface area contributed by atoms with Crippen LogP contribution in [0.3, 0.4) is 0 Å². The first-order valence-corrected chi connectivity index (χ1v) is 6.65. The third kappa shape index (κ3) is 5.01. The highest BCUT2D eigenvalue weighted by Crippen LogP contribution is 2.17. The van der Waals surface area contributed by atoms with Gasteiger partial charge in [-0.2, -0.15) is 0 Å². The third-order valence-corrected chi connectivity index (χ3v) is 2.70. The van der Waals surface area contributed by atoms with Gasteiger partial charge in [0.05, 0.1) is 6.61 Å². The van der Waals surface area contributed by atoms with Gasteiger partial charge in [-0.25, -0.2) is 9.78 Å². The molecule has 1 heterocycles. The van der Waals surface area contributed by atoms with Crippen LogP contribution in [0.5, 0.6) is 0 Å². The molecule has 0 bridgehead atoms. The molecule has 0 spiro atoms. The Morgan fingerprint density at radius 2 is 2.33 bits per heavy atom. The second kappa shape index (κ2) is 8.05. The Bertz CT molecular complexity index is 399. The van der Waals surface area contributed by atoms with Crippen LogP contribution >= 0.6 is 15.9 Å². The van der Waals surface area contributed by atoms with Crippen LogP contribution in [0.4, 0.5) is 5.82 Å². The van der Waals surface area contributed by atoms with Crippen molar-refractivity contribution in [2.45, 2.75) is 19.8 Å². The molecule has 100 valence electrons. The summed E-state index contributed by atoms with van der Waals surface area (Å²) in [7, 11) is 0. The summed E-state index contributed by atoms with van der Waals surface area (Å²) in [5.74, 6) is -0.636. The fraction of sp³-hybridized carbons (Fsp3) is 0.500. The van der Waals surface area contributed by atoms with Crippen molar-refractivity contribution in [3.63, 3.8) is 0 Å². The SMILES string of the molecule is CCCCOCCNc1ncc(Br)cc1C(=O)O. The van der Waals surface area contributed by atoms with Gasteiger partial charge in [-0.1, -0.05) is 13.3 Å². The Hall–Kier alpha value is -1.14. The first-order valence-electron chi connectivity index (χ1n) is 5.85. The van der Waals surface area contributed by atoms with Crippen LogP contribution in [0.25, 0.3) is 0 Å². The number of ether oxygens (including phenoxy) is 1. The zero-order valence-corrected chi connectivity index (χ0v) is 11.9. The molecular formula is C12H17BrN2O3. The summed E-state index contributed by atoms with van der Waals surface area (Å²) in [4.78, 5) is 15.1. The van der Waals surface area contributed by atoms with Gasteiger partial charge in [-0.3, -0.25) is 0 Å². The van der Waals surface area contributed by atoms with E-state index in [1.807, 2.05) is 0 Å². The van der Waals surface area contributed by atoms with Crippen molar-refractivity contribution in [2.75, 3.05) is 25.1 Å². The maximum atomic E-state index is 11.0. The molecule has 0 saturated heterocycles. The summed E-state index contributed by atoms with van der Waals surface area (Å²) in [6, 6.07) is 1.52. The van der Waals surface area contributed by atoms with Crippen molar-refractivity contribution in [2.24, 2.45) is 0 Å². The number of nitrogens with zero attached hydrogens (tertiary/aromatic N) is 1. The fourth-order valence-electron chi connectivity index (χ4n) is 1.33. The monoisotopic (exact) mass is 316 g/mol. The van der Waals surface area contributed by atoms with E-state index in [4.69, 9.17) is 9.84 Å². The molecule has 5 nitrogen and oxygen atoms in total. The highest BCUT2D eigenvalue weighted by molar-refractivity contribution is 9.10. The van der Waals surface area contributed by atoms with Gasteiger partial charge in [-0.05, 0) is 28.4 Å². The number of aromatic carboxylic acids is 1. The van der Waals surface area contributed by atoms with E-state index >= 15 is 0 Å². The Labute approximate surface area is 115 Å². The number of pyridine rings is 1. The Morgan fingerprint density at radius 1 is 1.56 bits per heavy atom. The van der Waals surface area contributed by atoms with Crippen LogP contribution in [-0.4, -0.2) is 35.8 Å². The molecule has 1 aromatic rings. The lowest BCUT2D eigenvalue weighted by atomic mass is 10.2. The molecular weight excluding hydrogens is 300 g/mol. The van der Waals surface area contributed by atoms with E-state index in [1.54, 1.807) is 6.20 Å². The minimum absolute atomic E-state index is 0.151. The summed E-state index contributed by atoms with van der Waals surface area (Å²) in [5.41, 5.74) is 0.151. The zero-order chi connectivity index (χ0) is 13.4. The highest BCUT2D eigenvalue weighted by atomic mass is 79.9. The number of carbonyl (C=O) groups is 1. The number of anilines is 1. The molecule has 18 heavy (non-hydrogen) atoms. The lowest BCUT2D eigenvalue weighted by Gasteiger charge is -2.09. The molecule has 0 atom stereocenters. The number of halogens is 1. The summed E-state index contributed by atoms with van der Waals surface area (Å²) in [6.07, 6.45) is 3.70. The van der Waals surface area contributed by atoms with Gasteiger partial charge in [0.25, 0.3) is 0 Å². The minimum Gasteiger partial charge on any atom is -0.478 e. The van der Waals surface area contributed by atoms with Crippen LogP contribution in [-0.2, 0) is 4.74 Å². The Balaban J connectivity index is 2.44. The fourth-order valence-corrected chi connectivity index (χ4v) is 1.66. The maximum absolute atomic E-state index is 11.0. The molecule has 0 fully saturated rings. The van der Waals surface area contributed by atoms with Gasteiger partial charge in [-0.15, -0.1) is 0 Å². The minimum atomic E-state index is -1.00. The highest BCUT2D eigenvalue weighted by Gasteiger charge is 2.11. The molecule has 0 radical (unpaired) electrons.